The van der Waals surface area contributed by atoms with Gasteiger partial charge in [0.15, 0.2) is 0 Å². The molecule has 0 spiro atoms. The van der Waals surface area contributed by atoms with Gasteiger partial charge in [0.1, 0.15) is 5.75 Å². The van der Waals surface area contributed by atoms with Crippen LogP contribution in [-0.2, 0) is 14.8 Å². The van der Waals surface area contributed by atoms with Crippen LogP contribution in [0.25, 0.3) is 0 Å². The minimum Gasteiger partial charge on any atom is -0.490 e. The number of aliphatic hydroxyl groups is 1. The Kier molecular flexibility index (Phi) is 12.2. The van der Waals surface area contributed by atoms with Crippen molar-refractivity contribution in [2.75, 3.05) is 38.1 Å². The van der Waals surface area contributed by atoms with Crippen LogP contribution in [0, 0.1) is 5.92 Å². The highest BCUT2D eigenvalue weighted by Crippen LogP contribution is 2.29. The third-order valence-corrected chi connectivity index (χ3v) is 9.58. The molecular formula is C35H45N3O7S. The predicted molar refractivity (Wildman–Crippen MR) is 178 cm³/mol. The number of benzene rings is 3. The number of likely N-dealkylation sites (N-methyl/N-ethyl adjacent to an activating group) is 1. The Hall–Kier alpha value is -3.93. The molecule has 248 valence electrons. The van der Waals surface area contributed by atoms with Gasteiger partial charge in [-0.3, -0.25) is 14.3 Å². The van der Waals surface area contributed by atoms with E-state index in [-0.39, 0.29) is 53.3 Å². The molecule has 0 radical (unpaired) electrons. The number of fused-ring (bicyclic) bond motifs is 1. The number of carbonyl (C=O) groups excluding carboxylic acids is 2. The molecule has 2 amide bonds. The summed E-state index contributed by atoms with van der Waals surface area (Å²) >= 11 is 0. The Bertz CT molecular complexity index is 1550. The van der Waals surface area contributed by atoms with Gasteiger partial charge in [-0.05, 0) is 75.6 Å². The van der Waals surface area contributed by atoms with Crippen molar-refractivity contribution in [3.63, 3.8) is 0 Å². The van der Waals surface area contributed by atoms with E-state index in [9.17, 15) is 23.1 Å². The first-order chi connectivity index (χ1) is 22.0. The van der Waals surface area contributed by atoms with Crippen LogP contribution < -0.4 is 9.46 Å². The van der Waals surface area contributed by atoms with Crippen LogP contribution in [0.15, 0.2) is 83.8 Å². The van der Waals surface area contributed by atoms with Crippen LogP contribution in [0.1, 0.15) is 60.7 Å². The summed E-state index contributed by atoms with van der Waals surface area (Å²) in [4.78, 5) is 30.8. The molecule has 3 aromatic carbocycles. The summed E-state index contributed by atoms with van der Waals surface area (Å²) in [6, 6.07) is 21.1. The third-order valence-electron chi connectivity index (χ3n) is 8.18. The zero-order chi connectivity index (χ0) is 33.3. The van der Waals surface area contributed by atoms with Crippen LogP contribution in [0.3, 0.4) is 0 Å². The van der Waals surface area contributed by atoms with E-state index >= 15 is 0 Å². The summed E-state index contributed by atoms with van der Waals surface area (Å²) in [5, 5.41) is 10.2. The van der Waals surface area contributed by atoms with Gasteiger partial charge in [-0.2, -0.15) is 0 Å². The SMILES string of the molecule is C[C@@H]1CCCCO[C@H](CN(C)C(=O)c2ccccc2)[C@@H](C)CN([C@H](C)CO)C(=O)c2cc(NS(=O)(=O)c3ccccc3)ccc2O1. The molecule has 0 saturated heterocycles. The van der Waals surface area contributed by atoms with Crippen LogP contribution in [-0.4, -0.2) is 86.7 Å². The number of aliphatic hydroxyl groups excluding tert-OH is 1. The van der Waals surface area contributed by atoms with Crippen molar-refractivity contribution in [2.45, 2.75) is 63.2 Å². The lowest BCUT2D eigenvalue weighted by atomic mass is 10.0. The van der Waals surface area contributed by atoms with Crippen molar-refractivity contribution in [2.24, 2.45) is 5.92 Å². The highest BCUT2D eigenvalue weighted by molar-refractivity contribution is 7.92. The van der Waals surface area contributed by atoms with E-state index in [1.807, 2.05) is 32.0 Å². The topological polar surface area (TPSA) is 125 Å². The molecule has 1 heterocycles. The maximum Gasteiger partial charge on any atom is 0.261 e. The average Bonchev–Trinajstić information content (AvgIpc) is 3.06. The molecule has 0 aromatic heterocycles. The number of hydrogen-bond donors (Lipinski definition) is 2. The first-order valence-corrected chi connectivity index (χ1v) is 17.2. The lowest BCUT2D eigenvalue weighted by Crippen LogP contribution is -2.48. The summed E-state index contributed by atoms with van der Waals surface area (Å²) in [5.41, 5.74) is 0.965. The third kappa shape index (κ3) is 9.08. The van der Waals surface area contributed by atoms with Crippen molar-refractivity contribution in [1.29, 1.82) is 0 Å². The fourth-order valence-electron chi connectivity index (χ4n) is 5.42. The summed E-state index contributed by atoms with van der Waals surface area (Å²) in [7, 11) is -2.17. The average molecular weight is 652 g/mol. The van der Waals surface area contributed by atoms with Crippen LogP contribution in [0.4, 0.5) is 5.69 Å². The van der Waals surface area contributed by atoms with Gasteiger partial charge in [0.2, 0.25) is 0 Å². The molecule has 3 aromatic rings. The fourth-order valence-corrected chi connectivity index (χ4v) is 6.49. The van der Waals surface area contributed by atoms with Crippen molar-refractivity contribution >= 4 is 27.5 Å². The van der Waals surface area contributed by atoms with Crippen LogP contribution in [0.5, 0.6) is 5.75 Å². The molecule has 46 heavy (non-hydrogen) atoms. The normalized spacial score (nSPS) is 20.5. The minimum absolute atomic E-state index is 0.0948. The van der Waals surface area contributed by atoms with Crippen LogP contribution in [0.2, 0.25) is 0 Å². The van der Waals surface area contributed by atoms with E-state index < -0.39 is 22.0 Å². The number of ether oxygens (including phenoxy) is 2. The summed E-state index contributed by atoms with van der Waals surface area (Å²) in [6.45, 7) is 6.37. The Morgan fingerprint density at radius 3 is 2.39 bits per heavy atom. The summed E-state index contributed by atoms with van der Waals surface area (Å²) in [5.74, 6) is -0.435. The van der Waals surface area contributed by atoms with E-state index in [1.54, 1.807) is 66.2 Å². The van der Waals surface area contributed by atoms with Crippen molar-refractivity contribution in [3.05, 3.63) is 90.0 Å². The van der Waals surface area contributed by atoms with Crippen molar-refractivity contribution < 1.29 is 32.6 Å². The zero-order valence-electron chi connectivity index (χ0n) is 27.0. The van der Waals surface area contributed by atoms with Gasteiger partial charge >= 0.3 is 0 Å². The molecule has 1 aliphatic rings. The van der Waals surface area contributed by atoms with Crippen LogP contribution >= 0.6 is 0 Å². The molecule has 0 bridgehead atoms. The number of carbonyl (C=O) groups is 2. The van der Waals surface area contributed by atoms with Gasteiger partial charge in [0, 0.05) is 43.9 Å². The number of sulfonamides is 1. The zero-order valence-corrected chi connectivity index (χ0v) is 27.8. The molecular weight excluding hydrogens is 606 g/mol. The molecule has 1 aliphatic heterocycles. The molecule has 2 N–H and O–H groups in total. The predicted octanol–water partition coefficient (Wildman–Crippen LogP) is 5.06. The van der Waals surface area contributed by atoms with Crippen molar-refractivity contribution in [1.82, 2.24) is 9.80 Å². The molecule has 4 rings (SSSR count). The Morgan fingerprint density at radius 2 is 1.72 bits per heavy atom. The Balaban J connectivity index is 1.66. The Morgan fingerprint density at radius 1 is 1.04 bits per heavy atom. The highest BCUT2D eigenvalue weighted by atomic mass is 32.2. The van der Waals surface area contributed by atoms with E-state index in [1.165, 1.54) is 18.2 Å². The maximum atomic E-state index is 14.3. The monoisotopic (exact) mass is 651 g/mol. The second-order valence-corrected chi connectivity index (χ2v) is 13.7. The first-order valence-electron chi connectivity index (χ1n) is 15.7. The van der Waals surface area contributed by atoms with Crippen molar-refractivity contribution in [3.8, 4) is 5.75 Å². The number of hydrogen-bond acceptors (Lipinski definition) is 7. The standard InChI is InChI=1S/C35H45N3O7S/c1-25-22-38(26(2)24-39)35(41)31-21-29(36-46(42,43)30-16-9-6-10-17-30)18-19-32(31)45-27(3)13-11-12-20-44-33(25)23-37(4)34(40)28-14-7-5-8-15-28/h5-10,14-19,21,25-27,33,36,39H,11-13,20,22-24H2,1-4H3/t25-,26+,27+,33+/m0/s1. The lowest BCUT2D eigenvalue weighted by Gasteiger charge is -2.36. The number of anilines is 1. The first kappa shape index (κ1) is 34.9. The fraction of sp³-hybridized carbons (Fsp3) is 0.429. The highest BCUT2D eigenvalue weighted by Gasteiger charge is 2.31. The van der Waals surface area contributed by atoms with Gasteiger partial charge in [-0.15, -0.1) is 0 Å². The van der Waals surface area contributed by atoms with E-state index in [0.717, 1.165) is 12.8 Å². The lowest BCUT2D eigenvalue weighted by molar-refractivity contribution is -0.0149. The quantitative estimate of drug-likeness (QED) is 0.349. The summed E-state index contributed by atoms with van der Waals surface area (Å²) < 4.78 is 41.4. The maximum absolute atomic E-state index is 14.3. The second-order valence-electron chi connectivity index (χ2n) is 12.0. The smallest absolute Gasteiger partial charge is 0.261 e. The number of nitrogens with zero attached hydrogens (tertiary/aromatic N) is 2. The molecule has 4 atom stereocenters. The molecule has 0 fully saturated rings. The van der Waals surface area contributed by atoms with E-state index in [2.05, 4.69) is 4.72 Å². The summed E-state index contributed by atoms with van der Waals surface area (Å²) in [6.07, 6.45) is 1.71. The molecule has 0 aliphatic carbocycles. The molecule has 10 nitrogen and oxygen atoms in total. The second kappa shape index (κ2) is 16.1. The minimum atomic E-state index is -3.91. The molecule has 0 saturated carbocycles. The van der Waals surface area contributed by atoms with Gasteiger partial charge in [-0.25, -0.2) is 8.42 Å². The molecule has 11 heteroatoms. The van der Waals surface area contributed by atoms with Gasteiger partial charge in [0.25, 0.3) is 21.8 Å². The van der Waals surface area contributed by atoms with Gasteiger partial charge in [-0.1, -0.05) is 43.3 Å². The number of amides is 2. The number of rotatable bonds is 8. The van der Waals surface area contributed by atoms with E-state index in [4.69, 9.17) is 9.47 Å². The Labute approximate surface area is 272 Å². The van der Waals surface area contributed by atoms with E-state index in [0.29, 0.717) is 30.9 Å². The molecule has 0 unspecified atom stereocenters. The largest absolute Gasteiger partial charge is 0.490 e. The van der Waals surface area contributed by atoms with Gasteiger partial charge < -0.3 is 24.4 Å². The number of nitrogens with one attached hydrogen (secondary N) is 1. The van der Waals surface area contributed by atoms with Gasteiger partial charge in [0.05, 0.1) is 35.3 Å².